The minimum Gasteiger partial charge on any atom is -0.497 e. The Bertz CT molecular complexity index is 518. The highest BCUT2D eigenvalue weighted by Gasteiger charge is 2.30. The Morgan fingerprint density at radius 2 is 1.29 bits per heavy atom. The van der Waals surface area contributed by atoms with Crippen molar-refractivity contribution in [1.29, 1.82) is 0 Å². The van der Waals surface area contributed by atoms with Crippen molar-refractivity contribution in [2.75, 3.05) is 7.11 Å². The molecule has 0 aliphatic heterocycles. The van der Waals surface area contributed by atoms with Gasteiger partial charge in [-0.25, -0.2) is 0 Å². The maximum absolute atomic E-state index is 5.27. The van der Waals surface area contributed by atoms with E-state index in [9.17, 15) is 0 Å². The van der Waals surface area contributed by atoms with Gasteiger partial charge in [-0.3, -0.25) is 0 Å². The van der Waals surface area contributed by atoms with Gasteiger partial charge in [-0.1, -0.05) is 76.8 Å². The van der Waals surface area contributed by atoms with E-state index in [0.29, 0.717) is 0 Å². The first kappa shape index (κ1) is 21.7. The van der Waals surface area contributed by atoms with Crippen LogP contribution in [0.4, 0.5) is 0 Å². The lowest BCUT2D eigenvalue weighted by atomic mass is 9.68. The smallest absolute Gasteiger partial charge is 0.118 e. The molecule has 2 aliphatic carbocycles. The number of rotatable bonds is 10. The number of unbranched alkanes of at least 4 members (excludes halogenated alkanes) is 3. The fourth-order valence-corrected chi connectivity index (χ4v) is 5.92. The summed E-state index contributed by atoms with van der Waals surface area (Å²) in [5.41, 5.74) is 1.47. The average molecular weight is 385 g/mol. The van der Waals surface area contributed by atoms with Gasteiger partial charge in [0.1, 0.15) is 5.75 Å². The predicted octanol–water partition coefficient (Wildman–Crippen LogP) is 8.21. The van der Waals surface area contributed by atoms with Crippen LogP contribution in [0.1, 0.15) is 102 Å². The van der Waals surface area contributed by atoms with Gasteiger partial charge >= 0.3 is 0 Å². The highest BCUT2D eigenvalue weighted by molar-refractivity contribution is 5.27. The lowest BCUT2D eigenvalue weighted by molar-refractivity contribution is 0.140. The molecule has 0 radical (unpaired) electrons. The summed E-state index contributed by atoms with van der Waals surface area (Å²) in [7, 11) is 1.74. The van der Waals surface area contributed by atoms with E-state index in [-0.39, 0.29) is 0 Å². The molecule has 2 fully saturated rings. The summed E-state index contributed by atoms with van der Waals surface area (Å²) in [6.45, 7) is 2.32. The van der Waals surface area contributed by atoms with Crippen LogP contribution in [0.15, 0.2) is 24.3 Å². The summed E-state index contributed by atoms with van der Waals surface area (Å²) in [4.78, 5) is 0. The molecule has 3 rings (SSSR count). The summed E-state index contributed by atoms with van der Waals surface area (Å²) in [6.07, 6.45) is 22.1. The first-order valence-corrected chi connectivity index (χ1v) is 12.4. The molecule has 0 saturated heterocycles. The highest BCUT2D eigenvalue weighted by atomic mass is 16.5. The summed E-state index contributed by atoms with van der Waals surface area (Å²) >= 11 is 0. The zero-order valence-corrected chi connectivity index (χ0v) is 18.6. The second-order valence-corrected chi connectivity index (χ2v) is 9.80. The zero-order chi connectivity index (χ0) is 19.6. The number of ether oxygens (including phenoxy) is 1. The van der Waals surface area contributed by atoms with E-state index < -0.39 is 0 Å². The minimum absolute atomic E-state index is 0.966. The minimum atomic E-state index is 0.966. The lowest BCUT2D eigenvalue weighted by Gasteiger charge is -2.38. The van der Waals surface area contributed by atoms with Crippen LogP contribution < -0.4 is 4.74 Å². The van der Waals surface area contributed by atoms with Crippen LogP contribution in [-0.2, 0) is 6.42 Å². The summed E-state index contributed by atoms with van der Waals surface area (Å²) in [5.74, 6) is 5.12. The molecule has 0 atom stereocenters. The summed E-state index contributed by atoms with van der Waals surface area (Å²) in [5, 5.41) is 0. The SMILES string of the molecule is CCCCCC[C@H]1CC[C@H]([C@H]2CC[C@H](CCc3ccc(OC)cc3)CC2)CC1. The fraction of sp³-hybridized carbons (Fsp3) is 0.778. The highest BCUT2D eigenvalue weighted by Crippen LogP contribution is 2.43. The van der Waals surface area contributed by atoms with Crippen LogP contribution in [0.3, 0.4) is 0 Å². The molecule has 2 saturated carbocycles. The maximum Gasteiger partial charge on any atom is 0.118 e. The third-order valence-electron chi connectivity index (χ3n) is 7.92. The van der Waals surface area contributed by atoms with Gasteiger partial charge in [0.2, 0.25) is 0 Å². The predicted molar refractivity (Wildman–Crippen MR) is 121 cm³/mol. The van der Waals surface area contributed by atoms with Crippen molar-refractivity contribution in [3.05, 3.63) is 29.8 Å². The Kier molecular flexibility index (Phi) is 9.22. The Labute approximate surface area is 174 Å². The number of methoxy groups -OCH3 is 1. The first-order chi connectivity index (χ1) is 13.8. The maximum atomic E-state index is 5.27. The third-order valence-corrected chi connectivity index (χ3v) is 7.92. The van der Waals surface area contributed by atoms with Gasteiger partial charge in [0, 0.05) is 0 Å². The van der Waals surface area contributed by atoms with E-state index in [1.807, 2.05) is 0 Å². The average Bonchev–Trinajstić information content (AvgIpc) is 2.76. The van der Waals surface area contributed by atoms with Crippen molar-refractivity contribution < 1.29 is 4.74 Å². The number of benzene rings is 1. The van der Waals surface area contributed by atoms with E-state index in [1.54, 1.807) is 20.0 Å². The van der Waals surface area contributed by atoms with Crippen LogP contribution in [0.2, 0.25) is 0 Å². The van der Waals surface area contributed by atoms with Gasteiger partial charge in [0.25, 0.3) is 0 Å². The van der Waals surface area contributed by atoms with Crippen LogP contribution in [0, 0.1) is 23.7 Å². The molecule has 0 N–H and O–H groups in total. The molecule has 0 heterocycles. The van der Waals surface area contributed by atoms with E-state index in [1.165, 1.54) is 89.0 Å². The monoisotopic (exact) mass is 384 g/mol. The first-order valence-electron chi connectivity index (χ1n) is 12.4. The van der Waals surface area contributed by atoms with Crippen LogP contribution >= 0.6 is 0 Å². The van der Waals surface area contributed by atoms with E-state index in [4.69, 9.17) is 4.74 Å². The van der Waals surface area contributed by atoms with Gasteiger partial charge in [-0.05, 0) is 79.9 Å². The standard InChI is InChI=1S/C27H44O/c1-3-4-5-6-7-22-10-16-25(17-11-22)26-18-12-23(13-19-26)8-9-24-14-20-27(28-2)21-15-24/h14-15,20-23,25-26H,3-13,16-19H2,1-2H3/t22-,23-,25-,26-. The van der Waals surface area contributed by atoms with E-state index >= 15 is 0 Å². The molecule has 0 spiro atoms. The zero-order valence-electron chi connectivity index (χ0n) is 18.6. The molecule has 1 nitrogen and oxygen atoms in total. The van der Waals surface area contributed by atoms with Crippen LogP contribution in [0.25, 0.3) is 0 Å². The summed E-state index contributed by atoms with van der Waals surface area (Å²) in [6, 6.07) is 8.69. The third kappa shape index (κ3) is 6.82. The Hall–Kier alpha value is -0.980. The fourth-order valence-electron chi connectivity index (χ4n) is 5.92. The van der Waals surface area contributed by atoms with Gasteiger partial charge in [0.05, 0.1) is 7.11 Å². The normalized spacial score (nSPS) is 28.2. The summed E-state index contributed by atoms with van der Waals surface area (Å²) < 4.78 is 5.27. The molecule has 0 amide bonds. The number of hydrogen-bond acceptors (Lipinski definition) is 1. The molecule has 2 aliphatic rings. The van der Waals surface area contributed by atoms with Crippen molar-refractivity contribution in [1.82, 2.24) is 0 Å². The van der Waals surface area contributed by atoms with Crippen LogP contribution in [0.5, 0.6) is 5.75 Å². The van der Waals surface area contributed by atoms with E-state index in [2.05, 4.69) is 31.2 Å². The van der Waals surface area contributed by atoms with Crippen molar-refractivity contribution >= 4 is 0 Å². The van der Waals surface area contributed by atoms with Crippen molar-refractivity contribution in [3.8, 4) is 5.75 Å². The number of hydrogen-bond donors (Lipinski definition) is 0. The van der Waals surface area contributed by atoms with E-state index in [0.717, 1.165) is 29.4 Å². The molecule has 1 heteroatoms. The second-order valence-electron chi connectivity index (χ2n) is 9.80. The Morgan fingerprint density at radius 3 is 1.82 bits per heavy atom. The molecule has 0 aromatic heterocycles. The molecular weight excluding hydrogens is 340 g/mol. The second kappa shape index (κ2) is 11.9. The molecule has 158 valence electrons. The van der Waals surface area contributed by atoms with Gasteiger partial charge in [0.15, 0.2) is 0 Å². The van der Waals surface area contributed by atoms with Crippen molar-refractivity contribution in [2.24, 2.45) is 23.7 Å². The lowest BCUT2D eigenvalue weighted by Crippen LogP contribution is -2.26. The Balaban J connectivity index is 1.30. The topological polar surface area (TPSA) is 9.23 Å². The van der Waals surface area contributed by atoms with Gasteiger partial charge < -0.3 is 4.74 Å². The van der Waals surface area contributed by atoms with Gasteiger partial charge in [-0.15, -0.1) is 0 Å². The van der Waals surface area contributed by atoms with Crippen molar-refractivity contribution in [3.63, 3.8) is 0 Å². The molecule has 28 heavy (non-hydrogen) atoms. The molecule has 1 aromatic carbocycles. The molecular formula is C27H44O. The number of aryl methyl sites for hydroxylation is 1. The molecule has 0 unspecified atom stereocenters. The largest absolute Gasteiger partial charge is 0.497 e. The molecule has 0 bridgehead atoms. The van der Waals surface area contributed by atoms with Gasteiger partial charge in [-0.2, -0.15) is 0 Å². The van der Waals surface area contributed by atoms with Crippen molar-refractivity contribution in [2.45, 2.75) is 103 Å². The Morgan fingerprint density at radius 1 is 0.714 bits per heavy atom. The quantitative estimate of drug-likeness (QED) is 0.369. The molecule has 1 aromatic rings. The van der Waals surface area contributed by atoms with Crippen LogP contribution in [-0.4, -0.2) is 7.11 Å².